The summed E-state index contributed by atoms with van der Waals surface area (Å²) in [5.74, 6) is -3.35. The number of aromatic hydroxyl groups is 1. The second kappa shape index (κ2) is 18.7. The van der Waals surface area contributed by atoms with Crippen molar-refractivity contribution in [3.8, 4) is 11.4 Å². The summed E-state index contributed by atoms with van der Waals surface area (Å²) >= 11 is 0. The number of hydrogen-bond donors (Lipinski definition) is 1. The first-order valence-corrected chi connectivity index (χ1v) is 22.1. The van der Waals surface area contributed by atoms with Crippen molar-refractivity contribution in [3.05, 3.63) is 204 Å². The molecule has 0 aliphatic carbocycles. The van der Waals surface area contributed by atoms with E-state index in [1.807, 2.05) is 121 Å². The molecule has 59 heavy (non-hydrogen) atoms. The van der Waals surface area contributed by atoms with Crippen molar-refractivity contribution in [2.45, 2.75) is 6.18 Å². The van der Waals surface area contributed by atoms with Gasteiger partial charge >= 0.3 is 6.18 Å². The molecule has 0 bridgehead atoms. The van der Waals surface area contributed by atoms with E-state index in [1.54, 1.807) is 48.5 Å². The molecule has 0 saturated carbocycles. The second-order valence-corrected chi connectivity index (χ2v) is 19.4. The van der Waals surface area contributed by atoms with E-state index in [9.17, 15) is 37.0 Å². The number of nitrogens with zero attached hydrogens (tertiary/aromatic N) is 1. The molecular formula is C47H36EuF3NO5P2. The smallest absolute Gasteiger partial charge is 0.455 e. The van der Waals surface area contributed by atoms with Gasteiger partial charge in [0.2, 0.25) is 0 Å². The molecule has 0 unspecified atom stereocenters. The van der Waals surface area contributed by atoms with Crippen molar-refractivity contribution in [3.63, 3.8) is 0 Å². The molecule has 0 saturated heterocycles. The zero-order chi connectivity index (χ0) is 40.9. The summed E-state index contributed by atoms with van der Waals surface area (Å²) in [7, 11) is -5.87. The fraction of sp³-hybridized carbons (Fsp3) is 0.0638. The van der Waals surface area contributed by atoms with Crippen LogP contribution in [0.15, 0.2) is 193 Å². The number of ketones is 1. The summed E-state index contributed by atoms with van der Waals surface area (Å²) in [5, 5.41) is 14.9. The summed E-state index contributed by atoms with van der Waals surface area (Å²) in [6.45, 7) is 0. The van der Waals surface area contributed by atoms with Crippen LogP contribution in [0.25, 0.3) is 27.4 Å². The Morgan fingerprint density at radius 2 is 0.915 bits per heavy atom. The molecule has 8 aromatic rings. The fourth-order valence-corrected chi connectivity index (χ4v) is 13.6. The molecule has 297 valence electrons. The molecular weight excluding hydrogens is 929 g/mol. The molecule has 1 aromatic heterocycles. The van der Waals surface area contributed by atoms with Crippen molar-refractivity contribution in [1.82, 2.24) is 4.57 Å². The van der Waals surface area contributed by atoms with Crippen LogP contribution < -0.4 is 26.8 Å². The van der Waals surface area contributed by atoms with Gasteiger partial charge in [0.1, 0.15) is 25.6 Å². The van der Waals surface area contributed by atoms with Crippen molar-refractivity contribution < 1.29 is 81.6 Å². The van der Waals surface area contributed by atoms with Gasteiger partial charge in [0, 0.05) is 94.0 Å². The molecule has 0 aliphatic rings. The molecule has 0 fully saturated rings. The van der Waals surface area contributed by atoms with Crippen molar-refractivity contribution in [1.29, 1.82) is 0 Å². The average Bonchev–Trinajstić information content (AvgIpc) is 3.26. The minimum Gasteiger partial charge on any atom is -0.506 e. The van der Waals surface area contributed by atoms with Gasteiger partial charge in [-0.2, -0.15) is 13.2 Å². The average molecular weight is 966 g/mol. The number of Topliss-reactive ketones (excluding diaryl/α,β-unsaturated/α-hetero) is 1. The van der Waals surface area contributed by atoms with Crippen LogP contribution in [-0.2, 0) is 9.13 Å². The monoisotopic (exact) mass is 966 g/mol. The van der Waals surface area contributed by atoms with E-state index in [4.69, 9.17) is 0 Å². The first kappa shape index (κ1) is 43.9. The number of para-hydroxylation sites is 1. The number of pyridine rings is 1. The number of benzene rings is 7. The number of halogens is 3. The second-order valence-electron chi connectivity index (χ2n) is 13.5. The minimum absolute atomic E-state index is 0. The summed E-state index contributed by atoms with van der Waals surface area (Å²) in [4.78, 5) is 24.9. The van der Waals surface area contributed by atoms with Gasteiger partial charge in [-0.05, 0) is 29.0 Å². The number of alkyl halides is 3. The maximum Gasteiger partial charge on any atom is 0.455 e. The molecule has 0 aliphatic heterocycles. The largest absolute Gasteiger partial charge is 0.506 e. The molecule has 1 N–H and O–H groups in total. The van der Waals surface area contributed by atoms with Crippen molar-refractivity contribution in [2.75, 3.05) is 12.3 Å². The summed E-state index contributed by atoms with van der Waals surface area (Å²) < 4.78 is 69.2. The van der Waals surface area contributed by atoms with E-state index in [-0.39, 0.29) is 66.0 Å². The topological polar surface area (TPSA) is 93.4 Å². The molecule has 7 aromatic carbocycles. The zero-order valence-electron chi connectivity index (χ0n) is 31.2. The Bertz CT molecular complexity index is 2690. The molecule has 6 nitrogen and oxygen atoms in total. The molecule has 0 atom stereocenters. The predicted octanol–water partition coefficient (Wildman–Crippen LogP) is 9.61. The van der Waals surface area contributed by atoms with E-state index >= 15 is 0 Å². The maximum atomic E-state index is 14.4. The SMILES string of the molecule is O=C(c1c(O)c2c3ccccc3ccc2n(-c2ccccc2)c1=O)C(F)(F)F.O=P(CCP(=O)(c1ccccc1)c1ccccc1)(c1ccccc1)c1ccccc1.[Eu]. The van der Waals surface area contributed by atoms with Crippen LogP contribution in [0.4, 0.5) is 13.2 Å². The summed E-state index contributed by atoms with van der Waals surface area (Å²) in [6.07, 6.45) is -4.60. The summed E-state index contributed by atoms with van der Waals surface area (Å²) in [6, 6.07) is 56.4. The standard InChI is InChI=1S/C26H24O2P2.C21H12F3NO3.Eu/c27-29(23-13-5-1-6-14-23,24-15-7-2-8-16-24)21-22-30(28,25-17-9-3-10-18-25)26-19-11-4-12-20-26;22-21(23,24)19(27)17-18(26)16-14-9-5-4-6-12(14)10-11-15(16)25(20(17)28)13-7-2-1-3-8-13;/h1-20H,21-22H2;1-11,26H;. The van der Waals surface area contributed by atoms with E-state index in [0.717, 1.165) is 25.8 Å². The van der Waals surface area contributed by atoms with E-state index in [1.165, 1.54) is 18.2 Å². The number of hydrogen-bond acceptors (Lipinski definition) is 5. The number of aromatic nitrogens is 1. The van der Waals surface area contributed by atoms with Crippen molar-refractivity contribution >= 4 is 63.0 Å². The Labute approximate surface area is 379 Å². The first-order chi connectivity index (χ1) is 27.9. The van der Waals surface area contributed by atoms with E-state index < -0.39 is 43.1 Å². The zero-order valence-corrected chi connectivity index (χ0v) is 35.5. The van der Waals surface area contributed by atoms with Gasteiger partial charge < -0.3 is 14.2 Å². The quantitative estimate of drug-likeness (QED) is 0.0885. The molecule has 8 rings (SSSR count). The van der Waals surface area contributed by atoms with Gasteiger partial charge in [0.05, 0.1) is 5.52 Å². The Hall–Kier alpha value is -4.69. The fourth-order valence-electron chi connectivity index (χ4n) is 7.09. The Morgan fingerprint density at radius 3 is 1.32 bits per heavy atom. The van der Waals surface area contributed by atoms with Gasteiger partial charge in [-0.25, -0.2) is 0 Å². The van der Waals surface area contributed by atoms with Crippen molar-refractivity contribution in [2.24, 2.45) is 0 Å². The number of fused-ring (bicyclic) bond motifs is 3. The van der Waals surface area contributed by atoms with Crippen LogP contribution in [0.3, 0.4) is 0 Å². The van der Waals surface area contributed by atoms with E-state index in [2.05, 4.69) is 0 Å². The van der Waals surface area contributed by atoms with Crippen LogP contribution in [-0.4, -0.2) is 34.0 Å². The normalized spacial score (nSPS) is 11.6. The van der Waals surface area contributed by atoms with E-state index in [0.29, 0.717) is 23.1 Å². The minimum atomic E-state index is -5.30. The Balaban J connectivity index is 0.000000195. The van der Waals surface area contributed by atoms with Gasteiger partial charge in [-0.3, -0.25) is 14.2 Å². The number of carbonyl (C=O) groups is 1. The third-order valence-corrected chi connectivity index (χ3v) is 16.5. The van der Waals surface area contributed by atoms with Crippen LogP contribution in [0.5, 0.6) is 5.75 Å². The molecule has 12 heteroatoms. The molecule has 0 spiro atoms. The Morgan fingerprint density at radius 1 is 0.542 bits per heavy atom. The molecule has 1 radical (unpaired) electrons. The van der Waals surface area contributed by atoms with Gasteiger partial charge in [-0.1, -0.05) is 170 Å². The number of carbonyl (C=O) groups excluding carboxylic acids is 1. The van der Waals surface area contributed by atoms with Gasteiger partial charge in [0.15, 0.2) is 0 Å². The van der Waals surface area contributed by atoms with Crippen LogP contribution in [0.1, 0.15) is 10.4 Å². The van der Waals surface area contributed by atoms with Crippen LogP contribution in [0.2, 0.25) is 0 Å². The van der Waals surface area contributed by atoms with Gasteiger partial charge in [-0.15, -0.1) is 0 Å². The predicted molar refractivity (Wildman–Crippen MR) is 228 cm³/mol. The van der Waals surface area contributed by atoms with Crippen LogP contribution in [0, 0.1) is 49.4 Å². The van der Waals surface area contributed by atoms with Gasteiger partial charge in [0.25, 0.3) is 11.3 Å². The third kappa shape index (κ3) is 9.08. The maximum absolute atomic E-state index is 14.4. The summed E-state index contributed by atoms with van der Waals surface area (Å²) in [5.41, 5.74) is -2.04. The Kier molecular flexibility index (Phi) is 13.9. The first-order valence-electron chi connectivity index (χ1n) is 18.3. The molecule has 1 heterocycles. The van der Waals surface area contributed by atoms with Crippen LogP contribution >= 0.6 is 14.3 Å². The molecule has 0 amide bonds. The third-order valence-electron chi connectivity index (χ3n) is 9.96. The number of rotatable bonds is 9.